The molecule has 0 saturated heterocycles. The minimum absolute atomic E-state index is 0.00814. The fourth-order valence-electron chi connectivity index (χ4n) is 3.21. The van der Waals surface area contributed by atoms with E-state index in [4.69, 9.17) is 4.99 Å². The Balaban J connectivity index is 1.73. The van der Waals surface area contributed by atoms with Gasteiger partial charge in [-0.1, -0.05) is 24.3 Å². The summed E-state index contributed by atoms with van der Waals surface area (Å²) in [4.78, 5) is 23.4. The van der Waals surface area contributed by atoms with Gasteiger partial charge in [-0.15, -0.1) is 11.8 Å². The Morgan fingerprint density at radius 3 is 2.67 bits per heavy atom. The molecule has 0 bridgehead atoms. The number of pyridine rings is 1. The number of thioether (sulfide) groups is 1. The lowest BCUT2D eigenvalue weighted by molar-refractivity contribution is -0.421. The number of aromatic nitrogens is 1. The lowest BCUT2D eigenvalue weighted by Gasteiger charge is -2.37. The maximum Gasteiger partial charge on any atom is 0.288 e. The Kier molecular flexibility index (Phi) is 4.77. The summed E-state index contributed by atoms with van der Waals surface area (Å²) < 4.78 is 0. The summed E-state index contributed by atoms with van der Waals surface area (Å²) in [5.74, 6) is 0.744. The van der Waals surface area contributed by atoms with Crippen LogP contribution in [-0.4, -0.2) is 26.0 Å². The van der Waals surface area contributed by atoms with Gasteiger partial charge in [-0.05, 0) is 37.3 Å². The highest BCUT2D eigenvalue weighted by molar-refractivity contribution is 7.99. The Bertz CT molecular complexity index is 941. The van der Waals surface area contributed by atoms with Crippen molar-refractivity contribution in [2.75, 3.05) is 0 Å². The SMILES string of the molecule is CC1=CC2=NC(c3ccccn3)CC(Sc3ccccc3)N2C=C1[N+](=O)[O-]. The number of allylic oxidation sites excluding steroid dienone is 1. The fraction of sp³-hybridized carbons (Fsp3) is 0.200. The molecule has 3 heterocycles. The van der Waals surface area contributed by atoms with Crippen LogP contribution in [0.1, 0.15) is 25.1 Å². The predicted molar refractivity (Wildman–Crippen MR) is 106 cm³/mol. The number of nitro groups is 1. The summed E-state index contributed by atoms with van der Waals surface area (Å²) in [5, 5.41) is 11.4. The van der Waals surface area contributed by atoms with E-state index >= 15 is 0 Å². The molecule has 0 radical (unpaired) electrons. The van der Waals surface area contributed by atoms with Gasteiger partial charge in [0.1, 0.15) is 5.84 Å². The third-order valence-electron chi connectivity index (χ3n) is 4.54. The summed E-state index contributed by atoms with van der Waals surface area (Å²) in [6, 6.07) is 15.8. The van der Waals surface area contributed by atoms with E-state index in [-0.39, 0.29) is 22.0 Å². The fourth-order valence-corrected chi connectivity index (χ4v) is 4.39. The first-order valence-corrected chi connectivity index (χ1v) is 9.53. The molecule has 1 aromatic heterocycles. The van der Waals surface area contributed by atoms with Gasteiger partial charge in [0.2, 0.25) is 0 Å². The van der Waals surface area contributed by atoms with Crippen LogP contribution in [0.2, 0.25) is 0 Å². The smallest absolute Gasteiger partial charge is 0.288 e. The van der Waals surface area contributed by atoms with Gasteiger partial charge in [-0.3, -0.25) is 20.1 Å². The van der Waals surface area contributed by atoms with Crippen molar-refractivity contribution in [3.63, 3.8) is 0 Å². The van der Waals surface area contributed by atoms with Crippen LogP contribution >= 0.6 is 11.8 Å². The van der Waals surface area contributed by atoms with Crippen LogP contribution in [0.25, 0.3) is 0 Å². The number of rotatable bonds is 4. The zero-order valence-electron chi connectivity index (χ0n) is 14.7. The largest absolute Gasteiger partial charge is 0.314 e. The second kappa shape index (κ2) is 7.36. The molecule has 0 saturated carbocycles. The zero-order valence-corrected chi connectivity index (χ0v) is 15.5. The van der Waals surface area contributed by atoms with E-state index in [1.807, 2.05) is 41.3 Å². The second-order valence-electron chi connectivity index (χ2n) is 6.39. The average Bonchev–Trinajstić information content (AvgIpc) is 2.68. The van der Waals surface area contributed by atoms with Crippen molar-refractivity contribution in [2.45, 2.75) is 29.7 Å². The predicted octanol–water partition coefficient (Wildman–Crippen LogP) is 4.42. The highest BCUT2D eigenvalue weighted by Crippen LogP contribution is 2.39. The Morgan fingerprint density at radius 1 is 1.19 bits per heavy atom. The van der Waals surface area contributed by atoms with Gasteiger partial charge < -0.3 is 4.90 Å². The van der Waals surface area contributed by atoms with Crippen LogP contribution in [0.4, 0.5) is 0 Å². The normalized spacial score (nSPS) is 21.7. The molecule has 6 nitrogen and oxygen atoms in total. The van der Waals surface area contributed by atoms with Crippen molar-refractivity contribution >= 4 is 17.6 Å². The van der Waals surface area contributed by atoms with Crippen molar-refractivity contribution in [3.8, 4) is 0 Å². The van der Waals surface area contributed by atoms with E-state index in [0.717, 1.165) is 16.4 Å². The first kappa shape index (κ1) is 17.5. The molecule has 4 rings (SSSR count). The molecule has 0 fully saturated rings. The molecular formula is C20H18N4O2S. The van der Waals surface area contributed by atoms with Crippen molar-refractivity contribution in [1.29, 1.82) is 0 Å². The average molecular weight is 378 g/mol. The van der Waals surface area contributed by atoms with E-state index < -0.39 is 0 Å². The monoisotopic (exact) mass is 378 g/mol. The lowest BCUT2D eigenvalue weighted by atomic mass is 10.0. The van der Waals surface area contributed by atoms with Crippen LogP contribution in [0.5, 0.6) is 0 Å². The van der Waals surface area contributed by atoms with Crippen molar-refractivity contribution in [2.24, 2.45) is 4.99 Å². The first-order valence-electron chi connectivity index (χ1n) is 8.65. The molecule has 1 aromatic carbocycles. The number of aliphatic imine (C=N–C) groups is 1. The summed E-state index contributed by atoms with van der Waals surface area (Å²) in [5.41, 5.74) is 1.64. The number of hydrogen-bond acceptors (Lipinski definition) is 6. The molecule has 2 atom stereocenters. The van der Waals surface area contributed by atoms with Crippen LogP contribution < -0.4 is 0 Å². The molecule has 0 N–H and O–H groups in total. The van der Waals surface area contributed by atoms with Gasteiger partial charge in [0.05, 0.1) is 28.2 Å². The molecule has 2 unspecified atom stereocenters. The molecule has 0 spiro atoms. The molecule has 2 aliphatic rings. The molecule has 7 heteroatoms. The standard InChI is InChI=1S/C20H18N4O2S/c1-14-11-19-22-17(16-9-5-6-10-21-16)12-20(23(19)13-18(14)24(25)26)27-15-7-3-2-4-8-15/h2-11,13,17,20H,12H2,1H3. The van der Waals surface area contributed by atoms with Gasteiger partial charge in [0.15, 0.2) is 0 Å². The van der Waals surface area contributed by atoms with Crippen LogP contribution in [0, 0.1) is 10.1 Å². The molecule has 0 aliphatic carbocycles. The van der Waals surface area contributed by atoms with Crippen molar-refractivity contribution in [3.05, 3.63) is 94.1 Å². The van der Waals surface area contributed by atoms with Crippen LogP contribution in [0.3, 0.4) is 0 Å². The third-order valence-corrected chi connectivity index (χ3v) is 5.78. The minimum Gasteiger partial charge on any atom is -0.314 e. The molecular weight excluding hydrogens is 360 g/mol. The number of hydrogen-bond donors (Lipinski definition) is 0. The molecule has 2 aromatic rings. The van der Waals surface area contributed by atoms with E-state index in [1.165, 1.54) is 0 Å². The maximum absolute atomic E-state index is 11.4. The van der Waals surface area contributed by atoms with Crippen LogP contribution in [-0.2, 0) is 0 Å². The van der Waals surface area contributed by atoms with Gasteiger partial charge >= 0.3 is 0 Å². The minimum atomic E-state index is -0.336. The topological polar surface area (TPSA) is 71.6 Å². The van der Waals surface area contributed by atoms with Gasteiger partial charge in [0, 0.05) is 23.1 Å². The summed E-state index contributed by atoms with van der Waals surface area (Å²) in [6.07, 6.45) is 5.90. The van der Waals surface area contributed by atoms with Crippen LogP contribution in [0.15, 0.2) is 88.2 Å². The Morgan fingerprint density at radius 2 is 1.96 bits per heavy atom. The van der Waals surface area contributed by atoms with Crippen molar-refractivity contribution < 1.29 is 4.92 Å². The third kappa shape index (κ3) is 3.64. The summed E-state index contributed by atoms with van der Waals surface area (Å²) in [7, 11) is 0. The molecule has 0 amide bonds. The Hall–Kier alpha value is -2.93. The van der Waals surface area contributed by atoms with Crippen molar-refractivity contribution in [1.82, 2.24) is 9.88 Å². The van der Waals surface area contributed by atoms with E-state index in [1.54, 1.807) is 37.2 Å². The number of benzene rings is 1. The van der Waals surface area contributed by atoms with Gasteiger partial charge in [0.25, 0.3) is 5.70 Å². The number of nitrogens with zero attached hydrogens (tertiary/aromatic N) is 4. The highest BCUT2D eigenvalue weighted by Gasteiger charge is 2.35. The summed E-state index contributed by atoms with van der Waals surface area (Å²) >= 11 is 1.68. The van der Waals surface area contributed by atoms with E-state index in [9.17, 15) is 10.1 Å². The first-order chi connectivity index (χ1) is 13.1. The molecule has 2 aliphatic heterocycles. The highest BCUT2D eigenvalue weighted by atomic mass is 32.2. The number of amidine groups is 1. The molecule has 27 heavy (non-hydrogen) atoms. The zero-order chi connectivity index (χ0) is 18.8. The van der Waals surface area contributed by atoms with Gasteiger partial charge in [-0.2, -0.15) is 0 Å². The summed E-state index contributed by atoms with van der Waals surface area (Å²) in [6.45, 7) is 1.75. The van der Waals surface area contributed by atoms with E-state index in [0.29, 0.717) is 12.0 Å². The number of fused-ring (bicyclic) bond motifs is 1. The van der Waals surface area contributed by atoms with E-state index in [2.05, 4.69) is 17.1 Å². The Labute approximate surface area is 161 Å². The second-order valence-corrected chi connectivity index (χ2v) is 7.64. The lowest BCUT2D eigenvalue weighted by Crippen LogP contribution is -2.40. The quantitative estimate of drug-likeness (QED) is 0.582. The van der Waals surface area contributed by atoms with Gasteiger partial charge in [-0.25, -0.2) is 0 Å². The molecule has 136 valence electrons. The maximum atomic E-state index is 11.4.